The zero-order valence-electron chi connectivity index (χ0n) is 10.6. The van der Waals surface area contributed by atoms with Gasteiger partial charge in [-0.05, 0) is 22.3 Å². The molecule has 0 heterocycles. The molecule has 2 aliphatic rings. The van der Waals surface area contributed by atoms with Gasteiger partial charge in [0.05, 0.1) is 0 Å². The largest absolute Gasteiger partial charge is 0.285 e. The number of hydrogen-bond donors (Lipinski definition) is 0. The van der Waals surface area contributed by atoms with E-state index >= 15 is 0 Å². The molecule has 94 valence electrons. The second-order valence-corrected chi connectivity index (χ2v) is 4.91. The van der Waals surface area contributed by atoms with Gasteiger partial charge in [0.15, 0.2) is 0 Å². The number of allylic oxidation sites excluding steroid dienone is 3. The van der Waals surface area contributed by atoms with Crippen LogP contribution in [0.1, 0.15) is 27.0 Å². The molecule has 0 amide bonds. The first-order valence-electron chi connectivity index (χ1n) is 6.47. The van der Waals surface area contributed by atoms with E-state index in [0.29, 0.717) is 11.1 Å². The third-order valence-electron chi connectivity index (χ3n) is 3.82. The first-order valence-corrected chi connectivity index (χ1v) is 6.47. The Kier molecular flexibility index (Phi) is 2.15. The summed E-state index contributed by atoms with van der Waals surface area (Å²) in [7, 11) is 0. The summed E-state index contributed by atoms with van der Waals surface area (Å²) in [5.74, 6) is -0.802. The van der Waals surface area contributed by atoms with Crippen LogP contribution in [-0.2, 0) is 4.79 Å². The second kappa shape index (κ2) is 3.87. The average Bonchev–Trinajstić information content (AvgIpc) is 3.01. The van der Waals surface area contributed by atoms with Crippen LogP contribution in [0.4, 0.5) is 0 Å². The molecule has 0 unspecified atom stereocenters. The maximum atomic E-state index is 12.3. The smallest absolute Gasteiger partial charge is 0.234 e. The van der Waals surface area contributed by atoms with Crippen molar-refractivity contribution in [1.82, 2.24) is 0 Å². The predicted molar refractivity (Wildman–Crippen MR) is 78.1 cm³/mol. The van der Waals surface area contributed by atoms with Crippen molar-refractivity contribution >= 4 is 28.8 Å². The van der Waals surface area contributed by atoms with Gasteiger partial charge in [0.1, 0.15) is 0 Å². The summed E-state index contributed by atoms with van der Waals surface area (Å²) < 4.78 is 0. The van der Waals surface area contributed by atoms with Crippen LogP contribution in [0.2, 0.25) is 0 Å². The lowest BCUT2D eigenvalue weighted by Crippen LogP contribution is -2.06. The highest BCUT2D eigenvalue weighted by Crippen LogP contribution is 2.40. The van der Waals surface area contributed by atoms with E-state index in [2.05, 4.69) is 0 Å². The van der Waals surface area contributed by atoms with Gasteiger partial charge >= 0.3 is 0 Å². The Morgan fingerprint density at radius 3 is 2.05 bits per heavy atom. The van der Waals surface area contributed by atoms with Crippen molar-refractivity contribution in [2.75, 3.05) is 0 Å². The Balaban J connectivity index is 2.06. The van der Waals surface area contributed by atoms with Gasteiger partial charge in [0, 0.05) is 11.1 Å². The van der Waals surface area contributed by atoms with Gasteiger partial charge in [0.2, 0.25) is 11.6 Å². The number of benzene rings is 2. The Morgan fingerprint density at radius 2 is 1.25 bits per heavy atom. The molecule has 0 saturated carbocycles. The molecule has 0 saturated heterocycles. The summed E-state index contributed by atoms with van der Waals surface area (Å²) in [6.07, 6.45) is 3.91. The van der Waals surface area contributed by atoms with Crippen molar-refractivity contribution in [2.45, 2.75) is 0 Å². The fourth-order valence-electron chi connectivity index (χ4n) is 2.89. The number of ketones is 2. The summed E-state index contributed by atoms with van der Waals surface area (Å²) >= 11 is 0. The molecule has 2 aliphatic carbocycles. The zero-order valence-corrected chi connectivity index (χ0v) is 10.6. The monoisotopic (exact) mass is 258 g/mol. The summed E-state index contributed by atoms with van der Waals surface area (Å²) in [5, 5.41) is 0. The van der Waals surface area contributed by atoms with E-state index in [-0.39, 0.29) is 0 Å². The summed E-state index contributed by atoms with van der Waals surface area (Å²) in [4.78, 5) is 24.4. The lowest BCUT2D eigenvalue weighted by Gasteiger charge is -2.05. The van der Waals surface area contributed by atoms with Crippen LogP contribution in [0.5, 0.6) is 0 Å². The molecule has 20 heavy (non-hydrogen) atoms. The minimum atomic E-state index is -0.402. The minimum Gasteiger partial charge on any atom is -0.285 e. The second-order valence-electron chi connectivity index (χ2n) is 4.91. The Hall–Kier alpha value is -2.74. The highest BCUT2D eigenvalue weighted by Gasteiger charge is 2.35. The van der Waals surface area contributed by atoms with Gasteiger partial charge in [-0.3, -0.25) is 9.59 Å². The van der Waals surface area contributed by atoms with E-state index in [0.717, 1.165) is 22.3 Å². The molecule has 0 radical (unpaired) electrons. The van der Waals surface area contributed by atoms with E-state index in [9.17, 15) is 9.59 Å². The standard InChI is InChI=1S/C18H10O2/c19-17-15-8-4-3-7-13(15)16(18(17)20)14-10-9-11-5-1-2-6-12(11)14/h1-10H. The Labute approximate surface area is 116 Å². The normalized spacial score (nSPS) is 19.4. The van der Waals surface area contributed by atoms with Crippen molar-refractivity contribution < 1.29 is 9.59 Å². The van der Waals surface area contributed by atoms with Crippen molar-refractivity contribution in [3.8, 4) is 0 Å². The first-order chi connectivity index (χ1) is 9.77. The predicted octanol–water partition coefficient (Wildman–Crippen LogP) is 3.39. The quantitative estimate of drug-likeness (QED) is 0.536. The van der Waals surface area contributed by atoms with E-state index < -0.39 is 11.6 Å². The van der Waals surface area contributed by atoms with E-state index in [1.54, 1.807) is 12.1 Å². The minimum absolute atomic E-state index is 0.400. The third-order valence-corrected chi connectivity index (χ3v) is 3.82. The van der Waals surface area contributed by atoms with Gasteiger partial charge < -0.3 is 0 Å². The fourth-order valence-corrected chi connectivity index (χ4v) is 2.89. The van der Waals surface area contributed by atoms with Gasteiger partial charge in [-0.1, -0.05) is 60.7 Å². The number of carbonyl (C=O) groups is 2. The molecule has 2 aromatic carbocycles. The number of fused-ring (bicyclic) bond motifs is 2. The molecule has 0 fully saturated rings. The van der Waals surface area contributed by atoms with Crippen LogP contribution in [0.15, 0.2) is 54.6 Å². The SMILES string of the molecule is O=C1C(=O)c2ccccc2C1=C1C=Cc2ccccc21. The van der Waals surface area contributed by atoms with Gasteiger partial charge in [0.25, 0.3) is 0 Å². The molecule has 4 rings (SSSR count). The van der Waals surface area contributed by atoms with Crippen LogP contribution >= 0.6 is 0 Å². The lowest BCUT2D eigenvalue weighted by molar-refractivity contribution is -0.109. The van der Waals surface area contributed by atoms with E-state index in [1.165, 1.54) is 0 Å². The van der Waals surface area contributed by atoms with Crippen LogP contribution < -0.4 is 0 Å². The van der Waals surface area contributed by atoms with Gasteiger partial charge in [-0.2, -0.15) is 0 Å². The molecule has 0 N–H and O–H groups in total. The van der Waals surface area contributed by atoms with Crippen LogP contribution in [-0.4, -0.2) is 11.6 Å². The maximum absolute atomic E-state index is 12.3. The van der Waals surface area contributed by atoms with Crippen molar-refractivity contribution in [3.63, 3.8) is 0 Å². The van der Waals surface area contributed by atoms with Crippen LogP contribution in [0, 0.1) is 0 Å². The van der Waals surface area contributed by atoms with Gasteiger partial charge in [-0.25, -0.2) is 0 Å². The van der Waals surface area contributed by atoms with Crippen molar-refractivity contribution in [2.24, 2.45) is 0 Å². The lowest BCUT2D eigenvalue weighted by atomic mass is 9.96. The molecule has 0 aliphatic heterocycles. The summed E-state index contributed by atoms with van der Waals surface area (Å²) in [6.45, 7) is 0. The maximum Gasteiger partial charge on any atom is 0.234 e. The fraction of sp³-hybridized carbons (Fsp3) is 0. The molecule has 0 aromatic heterocycles. The van der Waals surface area contributed by atoms with Crippen LogP contribution in [0.3, 0.4) is 0 Å². The van der Waals surface area contributed by atoms with Crippen LogP contribution in [0.25, 0.3) is 17.2 Å². The molecular formula is C18H10O2. The van der Waals surface area contributed by atoms with E-state index in [4.69, 9.17) is 0 Å². The average molecular weight is 258 g/mol. The zero-order chi connectivity index (χ0) is 13.7. The molecule has 2 heteroatoms. The third kappa shape index (κ3) is 1.33. The molecule has 0 bridgehead atoms. The van der Waals surface area contributed by atoms with Gasteiger partial charge in [-0.15, -0.1) is 0 Å². The molecule has 0 spiro atoms. The number of hydrogen-bond acceptors (Lipinski definition) is 2. The van der Waals surface area contributed by atoms with Crippen molar-refractivity contribution in [3.05, 3.63) is 76.9 Å². The highest BCUT2D eigenvalue weighted by molar-refractivity contribution is 6.65. The Bertz CT molecular complexity index is 838. The molecular weight excluding hydrogens is 248 g/mol. The Morgan fingerprint density at radius 1 is 0.600 bits per heavy atom. The summed E-state index contributed by atoms with van der Waals surface area (Å²) in [6, 6.07) is 15.1. The summed E-state index contributed by atoms with van der Waals surface area (Å²) in [5.41, 5.74) is 4.74. The highest BCUT2D eigenvalue weighted by atomic mass is 16.2. The number of rotatable bonds is 0. The number of carbonyl (C=O) groups excluding carboxylic acids is 2. The topological polar surface area (TPSA) is 34.1 Å². The van der Waals surface area contributed by atoms with E-state index in [1.807, 2.05) is 48.6 Å². The molecule has 2 nitrogen and oxygen atoms in total. The molecule has 2 aromatic rings. The first kappa shape index (κ1) is 11.1. The molecule has 0 atom stereocenters. The number of Topliss-reactive ketones (excluding diaryl/α,β-unsaturated/α-hetero) is 2. The van der Waals surface area contributed by atoms with Crippen molar-refractivity contribution in [1.29, 1.82) is 0 Å².